The molecule has 0 unspecified atom stereocenters. The van der Waals surface area contributed by atoms with Crippen LogP contribution >= 0.6 is 67.8 Å². The fourth-order valence-corrected chi connectivity index (χ4v) is 5.78. The molecule has 0 bridgehead atoms. The smallest absolute Gasteiger partial charge is 0.314 e. The van der Waals surface area contributed by atoms with Crippen molar-refractivity contribution in [2.45, 2.75) is 12.8 Å². The predicted octanol–water partition coefficient (Wildman–Crippen LogP) is 2.38. The molecular formula is C12H13I3NO2+. The van der Waals surface area contributed by atoms with Crippen LogP contribution in [0.25, 0.3) is 0 Å². The SMILES string of the molecule is O=C(Oc1c(I)cc(I)cc1I)C1CC[NH2+]CC1. The van der Waals surface area contributed by atoms with Gasteiger partial charge in [-0.25, -0.2) is 0 Å². The first-order valence-electron chi connectivity index (χ1n) is 5.76. The predicted molar refractivity (Wildman–Crippen MR) is 94.6 cm³/mol. The summed E-state index contributed by atoms with van der Waals surface area (Å²) in [7, 11) is 0. The second-order valence-electron chi connectivity index (χ2n) is 4.26. The summed E-state index contributed by atoms with van der Waals surface area (Å²) in [5.74, 6) is 0.720. The van der Waals surface area contributed by atoms with Gasteiger partial charge >= 0.3 is 5.97 Å². The molecule has 0 spiro atoms. The number of piperidine rings is 1. The number of halogens is 3. The van der Waals surface area contributed by atoms with E-state index >= 15 is 0 Å². The summed E-state index contributed by atoms with van der Waals surface area (Å²) in [6.45, 7) is 2.06. The zero-order valence-electron chi connectivity index (χ0n) is 9.59. The molecule has 0 amide bonds. The maximum absolute atomic E-state index is 12.1. The van der Waals surface area contributed by atoms with Gasteiger partial charge < -0.3 is 10.1 Å². The van der Waals surface area contributed by atoms with E-state index in [9.17, 15) is 4.79 Å². The van der Waals surface area contributed by atoms with E-state index in [4.69, 9.17) is 4.74 Å². The fourth-order valence-electron chi connectivity index (χ4n) is 1.97. The molecule has 0 radical (unpaired) electrons. The summed E-state index contributed by atoms with van der Waals surface area (Å²) in [6, 6.07) is 4.06. The van der Waals surface area contributed by atoms with Crippen molar-refractivity contribution >= 4 is 73.7 Å². The highest BCUT2D eigenvalue weighted by atomic mass is 127. The third kappa shape index (κ3) is 3.92. The maximum Gasteiger partial charge on any atom is 0.314 e. The quantitative estimate of drug-likeness (QED) is 0.330. The van der Waals surface area contributed by atoms with Gasteiger partial charge in [0, 0.05) is 16.4 Å². The summed E-state index contributed by atoms with van der Waals surface area (Å²) in [5, 5.41) is 2.25. The van der Waals surface area contributed by atoms with Crippen LogP contribution in [0.2, 0.25) is 0 Å². The zero-order chi connectivity index (χ0) is 13.1. The van der Waals surface area contributed by atoms with E-state index in [1.807, 2.05) is 12.1 Å². The van der Waals surface area contributed by atoms with Crippen LogP contribution in [0.4, 0.5) is 0 Å². The number of carbonyl (C=O) groups excluding carboxylic acids is 1. The number of benzene rings is 1. The Bertz CT molecular complexity index is 436. The zero-order valence-corrected chi connectivity index (χ0v) is 16.1. The molecule has 6 heteroatoms. The summed E-state index contributed by atoms with van der Waals surface area (Å²) in [5.41, 5.74) is 0. The van der Waals surface area contributed by atoms with Gasteiger partial charge in [-0.1, -0.05) is 0 Å². The first-order valence-corrected chi connectivity index (χ1v) is 8.99. The van der Waals surface area contributed by atoms with Crippen molar-refractivity contribution in [1.82, 2.24) is 0 Å². The van der Waals surface area contributed by atoms with E-state index < -0.39 is 0 Å². The van der Waals surface area contributed by atoms with Gasteiger partial charge in [-0.2, -0.15) is 0 Å². The monoisotopic (exact) mass is 584 g/mol. The largest absolute Gasteiger partial charge is 0.424 e. The molecule has 0 saturated carbocycles. The fraction of sp³-hybridized carbons (Fsp3) is 0.417. The van der Waals surface area contributed by atoms with Gasteiger partial charge in [0.25, 0.3) is 0 Å². The van der Waals surface area contributed by atoms with Crippen molar-refractivity contribution in [2.75, 3.05) is 13.1 Å². The lowest BCUT2D eigenvalue weighted by Crippen LogP contribution is -2.86. The molecule has 1 fully saturated rings. The van der Waals surface area contributed by atoms with E-state index in [1.165, 1.54) is 0 Å². The van der Waals surface area contributed by atoms with Crippen molar-refractivity contribution in [2.24, 2.45) is 5.92 Å². The molecule has 1 aliphatic rings. The van der Waals surface area contributed by atoms with Crippen LogP contribution < -0.4 is 10.1 Å². The Morgan fingerprint density at radius 2 is 1.72 bits per heavy atom. The maximum atomic E-state index is 12.1. The molecule has 2 rings (SSSR count). The Morgan fingerprint density at radius 3 is 2.28 bits per heavy atom. The number of rotatable bonds is 2. The minimum atomic E-state index is -0.0693. The van der Waals surface area contributed by atoms with E-state index in [2.05, 4.69) is 73.1 Å². The summed E-state index contributed by atoms with van der Waals surface area (Å²) >= 11 is 6.72. The van der Waals surface area contributed by atoms with Gasteiger partial charge in [-0.15, -0.1) is 0 Å². The van der Waals surface area contributed by atoms with Gasteiger partial charge in [0.05, 0.1) is 26.1 Å². The average Bonchev–Trinajstić information content (AvgIpc) is 2.34. The van der Waals surface area contributed by atoms with Crippen molar-refractivity contribution < 1.29 is 14.8 Å². The number of hydrogen-bond donors (Lipinski definition) is 1. The molecule has 1 heterocycles. The number of nitrogens with two attached hydrogens (primary N) is 1. The van der Waals surface area contributed by atoms with E-state index in [-0.39, 0.29) is 11.9 Å². The second-order valence-corrected chi connectivity index (χ2v) is 7.83. The molecule has 1 saturated heterocycles. The second kappa shape index (κ2) is 7.02. The highest BCUT2D eigenvalue weighted by molar-refractivity contribution is 14.1. The minimum absolute atomic E-state index is 0.0693. The number of ether oxygens (including phenoxy) is 1. The van der Waals surface area contributed by atoms with Crippen LogP contribution in [-0.4, -0.2) is 19.1 Å². The average molecular weight is 584 g/mol. The molecule has 18 heavy (non-hydrogen) atoms. The lowest BCUT2D eigenvalue weighted by Gasteiger charge is -2.19. The normalized spacial score (nSPS) is 16.6. The highest BCUT2D eigenvalue weighted by Gasteiger charge is 2.26. The van der Waals surface area contributed by atoms with Crippen LogP contribution in [0.5, 0.6) is 5.75 Å². The number of esters is 1. The molecule has 1 aromatic rings. The molecule has 0 aromatic heterocycles. The Balaban J connectivity index is 2.11. The Kier molecular flexibility index (Phi) is 5.94. The molecule has 0 aliphatic carbocycles. The van der Waals surface area contributed by atoms with Crippen LogP contribution in [0.1, 0.15) is 12.8 Å². The molecule has 3 nitrogen and oxygen atoms in total. The van der Waals surface area contributed by atoms with Crippen LogP contribution in [-0.2, 0) is 4.79 Å². The van der Waals surface area contributed by atoms with E-state index in [0.29, 0.717) is 0 Å². The summed E-state index contributed by atoms with van der Waals surface area (Å²) in [4.78, 5) is 12.1. The third-order valence-electron chi connectivity index (χ3n) is 2.94. The van der Waals surface area contributed by atoms with Gasteiger partial charge in [-0.05, 0) is 79.9 Å². The Hall–Kier alpha value is 0.840. The molecule has 2 N–H and O–H groups in total. The van der Waals surface area contributed by atoms with Crippen LogP contribution in [0, 0.1) is 16.6 Å². The van der Waals surface area contributed by atoms with Crippen molar-refractivity contribution in [1.29, 1.82) is 0 Å². The van der Waals surface area contributed by atoms with Crippen LogP contribution in [0.15, 0.2) is 12.1 Å². The van der Waals surface area contributed by atoms with Gasteiger partial charge in [0.15, 0.2) is 5.75 Å². The molecule has 1 aliphatic heterocycles. The molecular weight excluding hydrogens is 571 g/mol. The summed E-state index contributed by atoms with van der Waals surface area (Å²) < 4.78 is 8.76. The summed E-state index contributed by atoms with van der Waals surface area (Å²) in [6.07, 6.45) is 1.85. The van der Waals surface area contributed by atoms with E-state index in [0.717, 1.165) is 42.4 Å². The minimum Gasteiger partial charge on any atom is -0.424 e. The molecule has 1 aromatic carbocycles. The number of quaternary nitrogens is 1. The van der Waals surface area contributed by atoms with Crippen molar-refractivity contribution in [3.05, 3.63) is 22.8 Å². The van der Waals surface area contributed by atoms with Gasteiger partial charge in [0.1, 0.15) is 0 Å². The van der Waals surface area contributed by atoms with Gasteiger partial charge in [-0.3, -0.25) is 4.79 Å². The number of carbonyl (C=O) groups is 1. The Labute approximate surface area is 147 Å². The van der Waals surface area contributed by atoms with E-state index in [1.54, 1.807) is 0 Å². The van der Waals surface area contributed by atoms with Crippen molar-refractivity contribution in [3.8, 4) is 5.75 Å². The first kappa shape index (κ1) is 15.2. The highest BCUT2D eigenvalue weighted by Crippen LogP contribution is 2.30. The first-order chi connectivity index (χ1) is 8.58. The standard InChI is InChI=1S/C12H12I3NO2/c13-8-5-9(14)11(10(15)6-8)18-12(17)7-1-3-16-4-2-7/h5-7,16H,1-4H2/p+1. The van der Waals surface area contributed by atoms with Gasteiger partial charge in [0.2, 0.25) is 0 Å². The molecule has 98 valence electrons. The lowest BCUT2D eigenvalue weighted by atomic mass is 9.98. The number of hydrogen-bond acceptors (Lipinski definition) is 2. The Morgan fingerprint density at radius 1 is 1.17 bits per heavy atom. The lowest BCUT2D eigenvalue weighted by molar-refractivity contribution is -0.664. The van der Waals surface area contributed by atoms with Crippen molar-refractivity contribution in [3.63, 3.8) is 0 Å². The topological polar surface area (TPSA) is 42.9 Å². The van der Waals surface area contributed by atoms with Crippen LogP contribution in [0.3, 0.4) is 0 Å². The third-order valence-corrected chi connectivity index (χ3v) is 5.16. The molecule has 0 atom stereocenters.